The summed E-state index contributed by atoms with van der Waals surface area (Å²) < 4.78 is 33.1. The van der Waals surface area contributed by atoms with Crippen LogP contribution in [0.2, 0.25) is 0 Å². The van der Waals surface area contributed by atoms with Crippen LogP contribution in [-0.4, -0.2) is 81.4 Å². The van der Waals surface area contributed by atoms with Crippen molar-refractivity contribution in [1.29, 1.82) is 0 Å². The lowest BCUT2D eigenvalue weighted by Crippen LogP contribution is -2.63. The molecule has 0 amide bonds. The van der Waals surface area contributed by atoms with Gasteiger partial charge in [-0.2, -0.15) is 4.80 Å². The first-order chi connectivity index (χ1) is 17.5. The van der Waals surface area contributed by atoms with Crippen molar-refractivity contribution in [2.24, 2.45) is 7.05 Å². The summed E-state index contributed by atoms with van der Waals surface area (Å²) in [6.45, 7) is 4.30. The van der Waals surface area contributed by atoms with Gasteiger partial charge in [-0.05, 0) is 22.9 Å². The van der Waals surface area contributed by atoms with Crippen molar-refractivity contribution in [1.82, 2.24) is 20.2 Å². The lowest BCUT2D eigenvalue weighted by molar-refractivity contribution is -0.288. The molecule has 0 saturated carbocycles. The largest absolute Gasteiger partial charge is 0.463 e. The second kappa shape index (κ2) is 12.3. The fourth-order valence-corrected chi connectivity index (χ4v) is 3.68. The molecular formula is C23H28N4O10. The van der Waals surface area contributed by atoms with Gasteiger partial charge in [0.15, 0.2) is 18.0 Å². The summed E-state index contributed by atoms with van der Waals surface area (Å²) in [7, 11) is 1.67. The molecule has 3 rings (SSSR count). The summed E-state index contributed by atoms with van der Waals surface area (Å²) >= 11 is 0. The number of esters is 4. The molecular weight excluding hydrogens is 492 g/mol. The Morgan fingerprint density at radius 2 is 1.46 bits per heavy atom. The Morgan fingerprint density at radius 1 is 0.865 bits per heavy atom. The lowest BCUT2D eigenvalue weighted by Gasteiger charge is -2.43. The highest BCUT2D eigenvalue weighted by molar-refractivity contribution is 5.68. The van der Waals surface area contributed by atoms with E-state index in [1.807, 2.05) is 0 Å². The number of hydrogen-bond acceptors (Lipinski definition) is 13. The summed E-state index contributed by atoms with van der Waals surface area (Å²) in [6, 6.07) is 6.85. The molecule has 0 N–H and O–H groups in total. The minimum atomic E-state index is -1.32. The summed E-state index contributed by atoms with van der Waals surface area (Å²) in [5.74, 6) is -1.90. The van der Waals surface area contributed by atoms with Crippen LogP contribution in [0.15, 0.2) is 24.3 Å². The van der Waals surface area contributed by atoms with Gasteiger partial charge in [-0.1, -0.05) is 12.1 Å². The number of rotatable bonds is 9. The van der Waals surface area contributed by atoms with Crippen LogP contribution in [0.3, 0.4) is 0 Å². The molecule has 1 aromatic carbocycles. The summed E-state index contributed by atoms with van der Waals surface area (Å²) in [5, 5.41) is 11.9. The molecule has 37 heavy (non-hydrogen) atoms. The Morgan fingerprint density at radius 3 is 2.00 bits per heavy atom. The summed E-state index contributed by atoms with van der Waals surface area (Å²) in [4.78, 5) is 48.4. The number of ether oxygens (including phenoxy) is 6. The number of carbonyl (C=O) groups is 4. The van der Waals surface area contributed by atoms with Gasteiger partial charge >= 0.3 is 23.9 Å². The van der Waals surface area contributed by atoms with Crippen molar-refractivity contribution in [3.8, 4) is 5.75 Å². The molecule has 14 heteroatoms. The van der Waals surface area contributed by atoms with E-state index >= 15 is 0 Å². The molecule has 2 aromatic rings. The zero-order chi connectivity index (χ0) is 27.1. The number of nitrogens with zero attached hydrogens (tertiary/aromatic N) is 4. The van der Waals surface area contributed by atoms with Crippen LogP contribution in [-0.2, 0) is 56.3 Å². The molecule has 1 aliphatic heterocycles. The number of benzene rings is 1. The van der Waals surface area contributed by atoms with Crippen LogP contribution in [0.25, 0.3) is 0 Å². The fourth-order valence-electron chi connectivity index (χ4n) is 3.68. The minimum absolute atomic E-state index is 0.330. The molecule has 0 bridgehead atoms. The van der Waals surface area contributed by atoms with Gasteiger partial charge in [0.05, 0.1) is 7.05 Å². The van der Waals surface area contributed by atoms with Crippen molar-refractivity contribution < 1.29 is 47.6 Å². The maximum Gasteiger partial charge on any atom is 0.303 e. The van der Waals surface area contributed by atoms with Crippen molar-refractivity contribution in [3.05, 3.63) is 35.7 Å². The molecule has 1 fully saturated rings. The van der Waals surface area contributed by atoms with Crippen LogP contribution in [0.1, 0.15) is 39.1 Å². The normalized spacial score (nSPS) is 23.0. The minimum Gasteiger partial charge on any atom is -0.463 e. The number of hydrogen-bond donors (Lipinski definition) is 0. The number of tetrazole rings is 1. The first-order valence-electron chi connectivity index (χ1n) is 11.3. The molecule has 0 aliphatic carbocycles. The van der Waals surface area contributed by atoms with Crippen LogP contribution in [0, 0.1) is 0 Å². The standard InChI is InChI=1S/C23H28N4O10/c1-12(28)32-11-18-20(33-13(2)29)21(34-14(3)30)22(35-15(4)31)23(37-18)36-17-8-6-16(7-9-17)10-19-24-26-27(5)25-19/h6-9,18,20-23H,10-11H2,1-5H3. The highest BCUT2D eigenvalue weighted by Crippen LogP contribution is 2.31. The molecule has 5 atom stereocenters. The first kappa shape index (κ1) is 27.5. The maximum absolute atomic E-state index is 11.9. The molecule has 0 radical (unpaired) electrons. The Kier molecular flexibility index (Phi) is 9.11. The monoisotopic (exact) mass is 520 g/mol. The van der Waals surface area contributed by atoms with Gasteiger partial charge < -0.3 is 28.4 Å². The van der Waals surface area contributed by atoms with Crippen LogP contribution < -0.4 is 4.74 Å². The Hall–Kier alpha value is -4.07. The molecule has 200 valence electrons. The smallest absolute Gasteiger partial charge is 0.303 e. The first-order valence-corrected chi connectivity index (χ1v) is 11.3. The zero-order valence-corrected chi connectivity index (χ0v) is 21.0. The van der Waals surface area contributed by atoms with E-state index in [-0.39, 0.29) is 6.61 Å². The Balaban J connectivity index is 1.87. The van der Waals surface area contributed by atoms with Crippen molar-refractivity contribution in [2.75, 3.05) is 6.61 Å². The van der Waals surface area contributed by atoms with Crippen molar-refractivity contribution in [3.63, 3.8) is 0 Å². The van der Waals surface area contributed by atoms with Gasteiger partial charge in [0.25, 0.3) is 0 Å². The number of aromatic nitrogens is 4. The third kappa shape index (κ3) is 7.96. The lowest BCUT2D eigenvalue weighted by atomic mass is 9.98. The van der Waals surface area contributed by atoms with E-state index in [9.17, 15) is 19.2 Å². The highest BCUT2D eigenvalue weighted by Gasteiger charge is 2.53. The molecule has 1 aromatic heterocycles. The second-order valence-corrected chi connectivity index (χ2v) is 8.20. The average Bonchev–Trinajstić information content (AvgIpc) is 3.21. The van der Waals surface area contributed by atoms with Gasteiger partial charge in [-0.15, -0.1) is 10.2 Å². The van der Waals surface area contributed by atoms with Crippen molar-refractivity contribution >= 4 is 23.9 Å². The van der Waals surface area contributed by atoms with E-state index in [1.165, 1.54) is 11.7 Å². The van der Waals surface area contributed by atoms with Gasteiger partial charge in [0, 0.05) is 34.1 Å². The maximum atomic E-state index is 11.9. The average molecular weight is 520 g/mol. The van der Waals surface area contributed by atoms with Crippen LogP contribution in [0.4, 0.5) is 0 Å². The molecule has 0 spiro atoms. The molecule has 1 aliphatic rings. The predicted octanol–water partition coefficient (Wildman–Crippen LogP) is 0.263. The van der Waals surface area contributed by atoms with Crippen LogP contribution in [0.5, 0.6) is 5.75 Å². The van der Waals surface area contributed by atoms with E-state index in [2.05, 4.69) is 15.4 Å². The van der Waals surface area contributed by atoms with Gasteiger partial charge in [-0.25, -0.2) is 0 Å². The molecule has 1 saturated heterocycles. The Labute approximate surface area is 212 Å². The molecule has 5 unspecified atom stereocenters. The third-order valence-electron chi connectivity index (χ3n) is 5.04. The van der Waals surface area contributed by atoms with E-state index in [0.29, 0.717) is 18.0 Å². The number of carbonyl (C=O) groups excluding carboxylic acids is 4. The predicted molar refractivity (Wildman–Crippen MR) is 121 cm³/mol. The number of aryl methyl sites for hydroxylation is 1. The topological polar surface area (TPSA) is 167 Å². The van der Waals surface area contributed by atoms with E-state index < -0.39 is 54.6 Å². The fraction of sp³-hybridized carbons (Fsp3) is 0.522. The summed E-state index contributed by atoms with van der Waals surface area (Å²) in [5.41, 5.74) is 0.877. The van der Waals surface area contributed by atoms with Crippen molar-refractivity contribution in [2.45, 2.75) is 64.8 Å². The molecule has 2 heterocycles. The SMILES string of the molecule is CC(=O)OCC1OC(Oc2ccc(Cc3nnn(C)n3)cc2)C(OC(C)=O)C(OC(C)=O)C1OC(C)=O. The quantitative estimate of drug-likeness (QED) is 0.326. The van der Waals surface area contributed by atoms with Gasteiger partial charge in [-0.3, -0.25) is 19.2 Å². The highest BCUT2D eigenvalue weighted by atomic mass is 16.7. The van der Waals surface area contributed by atoms with E-state index in [1.54, 1.807) is 31.3 Å². The Bertz CT molecular complexity index is 1120. The summed E-state index contributed by atoms with van der Waals surface area (Å²) in [6.07, 6.45) is -5.86. The van der Waals surface area contributed by atoms with Gasteiger partial charge in [0.1, 0.15) is 18.5 Å². The van der Waals surface area contributed by atoms with E-state index in [4.69, 9.17) is 28.4 Å². The van der Waals surface area contributed by atoms with E-state index in [0.717, 1.165) is 26.3 Å². The molecule has 14 nitrogen and oxygen atoms in total. The zero-order valence-electron chi connectivity index (χ0n) is 21.0. The second-order valence-electron chi connectivity index (χ2n) is 8.20. The van der Waals surface area contributed by atoms with Crippen LogP contribution >= 0.6 is 0 Å². The van der Waals surface area contributed by atoms with Gasteiger partial charge in [0.2, 0.25) is 12.4 Å². The third-order valence-corrected chi connectivity index (χ3v) is 5.04.